The molecule has 0 spiro atoms. The molecule has 0 N–H and O–H groups in total. The number of hydrogen-bond acceptors (Lipinski definition) is 5. The highest BCUT2D eigenvalue weighted by molar-refractivity contribution is 6.09. The van der Waals surface area contributed by atoms with E-state index in [-0.39, 0.29) is 5.78 Å². The van der Waals surface area contributed by atoms with Crippen LogP contribution in [-0.4, -0.2) is 31.2 Å². The highest BCUT2D eigenvalue weighted by atomic mass is 16.5. The van der Waals surface area contributed by atoms with Crippen molar-refractivity contribution in [2.75, 3.05) is 25.4 Å². The molecule has 0 bridgehead atoms. The van der Waals surface area contributed by atoms with Crippen LogP contribution >= 0.6 is 0 Å². The standard InChI is InChI=1S/C32H30N2O3/c1-22-3-5-23(6-4-22)15-24-7-11-29(12-8-24)34-19-28-17-26(10-14-31(28)37-21-34)32(35)25-9-13-30-27(16-25)18-33(2)20-36-30/h3-14,16-17H,15,18-21H2,1-2H3. The summed E-state index contributed by atoms with van der Waals surface area (Å²) in [5.74, 6) is 1.70. The van der Waals surface area contributed by atoms with Gasteiger partial charge in [-0.1, -0.05) is 42.0 Å². The Morgan fingerprint density at radius 3 is 1.95 bits per heavy atom. The first-order valence-electron chi connectivity index (χ1n) is 12.7. The molecule has 2 aliphatic heterocycles. The summed E-state index contributed by atoms with van der Waals surface area (Å²) >= 11 is 0. The van der Waals surface area contributed by atoms with Crippen LogP contribution in [0.3, 0.4) is 0 Å². The number of rotatable bonds is 5. The largest absolute Gasteiger partial charge is 0.478 e. The molecule has 0 radical (unpaired) electrons. The first-order valence-corrected chi connectivity index (χ1v) is 12.7. The summed E-state index contributed by atoms with van der Waals surface area (Å²) in [7, 11) is 2.00. The Kier molecular flexibility index (Phi) is 6.15. The van der Waals surface area contributed by atoms with Crippen molar-refractivity contribution in [3.05, 3.63) is 124 Å². The predicted molar refractivity (Wildman–Crippen MR) is 145 cm³/mol. The average molecular weight is 491 g/mol. The lowest BCUT2D eigenvalue weighted by molar-refractivity contribution is 0.103. The van der Waals surface area contributed by atoms with E-state index in [0.29, 0.717) is 31.1 Å². The van der Waals surface area contributed by atoms with Crippen molar-refractivity contribution < 1.29 is 14.3 Å². The first-order chi connectivity index (χ1) is 18.0. The average Bonchev–Trinajstić information content (AvgIpc) is 2.93. The van der Waals surface area contributed by atoms with Crippen LogP contribution in [0, 0.1) is 6.92 Å². The molecule has 37 heavy (non-hydrogen) atoms. The minimum atomic E-state index is 0.0106. The zero-order chi connectivity index (χ0) is 25.4. The Morgan fingerprint density at radius 2 is 1.30 bits per heavy atom. The molecule has 0 saturated carbocycles. The Hall–Kier alpha value is -4.09. The third kappa shape index (κ3) is 4.95. The van der Waals surface area contributed by atoms with Gasteiger partial charge in [-0.3, -0.25) is 9.69 Å². The van der Waals surface area contributed by atoms with Crippen LogP contribution in [-0.2, 0) is 19.5 Å². The molecule has 4 aromatic carbocycles. The third-order valence-electron chi connectivity index (χ3n) is 7.09. The van der Waals surface area contributed by atoms with Crippen molar-refractivity contribution in [2.45, 2.75) is 26.4 Å². The van der Waals surface area contributed by atoms with Crippen molar-refractivity contribution in [3.63, 3.8) is 0 Å². The quantitative estimate of drug-likeness (QED) is 0.323. The molecular weight excluding hydrogens is 460 g/mol. The van der Waals surface area contributed by atoms with E-state index >= 15 is 0 Å². The summed E-state index contributed by atoms with van der Waals surface area (Å²) in [6.45, 7) is 4.62. The third-order valence-corrected chi connectivity index (χ3v) is 7.09. The van der Waals surface area contributed by atoms with Gasteiger partial charge in [0, 0.05) is 41.0 Å². The highest BCUT2D eigenvalue weighted by Crippen LogP contribution is 2.31. The molecule has 0 atom stereocenters. The monoisotopic (exact) mass is 490 g/mol. The van der Waals surface area contributed by atoms with Crippen molar-refractivity contribution in [3.8, 4) is 11.5 Å². The Morgan fingerprint density at radius 1 is 0.730 bits per heavy atom. The number of fused-ring (bicyclic) bond motifs is 2. The number of ketones is 1. The summed E-state index contributed by atoms with van der Waals surface area (Å²) in [5, 5.41) is 0. The second-order valence-corrected chi connectivity index (χ2v) is 10.1. The lowest BCUT2D eigenvalue weighted by atomic mass is 9.98. The number of carbonyl (C=O) groups is 1. The van der Waals surface area contributed by atoms with E-state index < -0.39 is 0 Å². The van der Waals surface area contributed by atoms with Crippen LogP contribution in [0.5, 0.6) is 11.5 Å². The molecule has 0 unspecified atom stereocenters. The number of ether oxygens (including phenoxy) is 2. The van der Waals surface area contributed by atoms with Crippen molar-refractivity contribution in [1.29, 1.82) is 0 Å². The van der Waals surface area contributed by atoms with Gasteiger partial charge in [0.15, 0.2) is 12.5 Å². The molecule has 0 aliphatic carbocycles. The molecule has 0 aromatic heterocycles. The molecule has 6 rings (SSSR count). The van der Waals surface area contributed by atoms with Gasteiger partial charge in [0.25, 0.3) is 0 Å². The van der Waals surface area contributed by atoms with E-state index in [0.717, 1.165) is 41.3 Å². The van der Waals surface area contributed by atoms with Crippen molar-refractivity contribution >= 4 is 11.5 Å². The van der Waals surface area contributed by atoms with Gasteiger partial charge in [0.2, 0.25) is 0 Å². The van der Waals surface area contributed by atoms with E-state index in [9.17, 15) is 4.79 Å². The summed E-state index contributed by atoms with van der Waals surface area (Å²) in [6, 6.07) is 28.8. The normalized spacial score (nSPS) is 14.8. The molecule has 0 saturated heterocycles. The number of aryl methyl sites for hydroxylation is 1. The smallest absolute Gasteiger partial charge is 0.193 e. The number of hydrogen-bond donors (Lipinski definition) is 0. The number of nitrogens with zero attached hydrogens (tertiary/aromatic N) is 2. The van der Waals surface area contributed by atoms with Crippen LogP contribution in [0.25, 0.3) is 0 Å². The summed E-state index contributed by atoms with van der Waals surface area (Å²) in [4.78, 5) is 17.6. The second kappa shape index (κ2) is 9.75. The van der Waals surface area contributed by atoms with Crippen molar-refractivity contribution in [2.24, 2.45) is 0 Å². The maximum atomic E-state index is 13.3. The van der Waals surface area contributed by atoms with E-state index in [2.05, 4.69) is 65.3 Å². The number of carbonyl (C=O) groups excluding carboxylic acids is 1. The lowest BCUT2D eigenvalue weighted by Crippen LogP contribution is -2.32. The maximum Gasteiger partial charge on any atom is 0.193 e. The van der Waals surface area contributed by atoms with Gasteiger partial charge in [-0.25, -0.2) is 0 Å². The van der Waals surface area contributed by atoms with Crippen LogP contribution in [0.1, 0.15) is 43.7 Å². The molecule has 0 fully saturated rings. The fourth-order valence-corrected chi connectivity index (χ4v) is 4.98. The molecule has 5 heteroatoms. The molecule has 4 aromatic rings. The van der Waals surface area contributed by atoms with E-state index in [1.54, 1.807) is 0 Å². The molecular formula is C32H30N2O3. The molecule has 5 nitrogen and oxygen atoms in total. The summed E-state index contributed by atoms with van der Waals surface area (Å²) in [6.07, 6.45) is 0.913. The summed E-state index contributed by atoms with van der Waals surface area (Å²) in [5.41, 5.74) is 8.37. The van der Waals surface area contributed by atoms with Gasteiger partial charge in [0.05, 0.1) is 0 Å². The van der Waals surface area contributed by atoms with Crippen LogP contribution < -0.4 is 14.4 Å². The Bertz CT molecular complexity index is 1440. The van der Waals surface area contributed by atoms with Gasteiger partial charge >= 0.3 is 0 Å². The zero-order valence-corrected chi connectivity index (χ0v) is 21.2. The second-order valence-electron chi connectivity index (χ2n) is 10.1. The van der Waals surface area contributed by atoms with E-state index in [1.807, 2.05) is 43.4 Å². The van der Waals surface area contributed by atoms with E-state index in [1.165, 1.54) is 16.7 Å². The van der Waals surface area contributed by atoms with Crippen LogP contribution in [0.2, 0.25) is 0 Å². The van der Waals surface area contributed by atoms with Crippen LogP contribution in [0.4, 0.5) is 5.69 Å². The minimum Gasteiger partial charge on any atom is -0.478 e. The maximum absolute atomic E-state index is 13.3. The molecule has 2 aliphatic rings. The topological polar surface area (TPSA) is 42.0 Å². The lowest BCUT2D eigenvalue weighted by Gasteiger charge is -2.31. The fraction of sp³-hybridized carbons (Fsp3) is 0.219. The Labute approximate surface area is 217 Å². The van der Waals surface area contributed by atoms with Gasteiger partial charge in [0.1, 0.15) is 18.2 Å². The molecule has 2 heterocycles. The number of benzene rings is 4. The first kappa shape index (κ1) is 23.3. The van der Waals surface area contributed by atoms with Gasteiger partial charge in [-0.05, 0) is 80.1 Å². The van der Waals surface area contributed by atoms with Gasteiger partial charge in [-0.2, -0.15) is 0 Å². The highest BCUT2D eigenvalue weighted by Gasteiger charge is 2.21. The van der Waals surface area contributed by atoms with Crippen molar-refractivity contribution in [1.82, 2.24) is 4.90 Å². The molecule has 186 valence electrons. The SMILES string of the molecule is Cc1ccc(Cc2ccc(N3COc4ccc(C(=O)c5ccc6c(c5)CN(C)CO6)cc4C3)cc2)cc1. The van der Waals surface area contributed by atoms with Gasteiger partial charge < -0.3 is 14.4 Å². The molecule has 0 amide bonds. The predicted octanol–water partition coefficient (Wildman–Crippen LogP) is 5.96. The zero-order valence-electron chi connectivity index (χ0n) is 21.2. The minimum absolute atomic E-state index is 0.0106. The Balaban J connectivity index is 1.17. The summed E-state index contributed by atoms with van der Waals surface area (Å²) < 4.78 is 11.8. The fourth-order valence-electron chi connectivity index (χ4n) is 4.98. The van der Waals surface area contributed by atoms with Gasteiger partial charge in [-0.15, -0.1) is 0 Å². The van der Waals surface area contributed by atoms with E-state index in [4.69, 9.17) is 9.47 Å². The number of anilines is 1. The van der Waals surface area contributed by atoms with Crippen LogP contribution in [0.15, 0.2) is 84.9 Å².